The first-order valence-corrected chi connectivity index (χ1v) is 7.00. The van der Waals surface area contributed by atoms with Gasteiger partial charge < -0.3 is 14.7 Å². The number of hydrogen-bond donors (Lipinski definition) is 1. The average Bonchev–Trinajstić information content (AvgIpc) is 2.71. The number of esters is 1. The van der Waals surface area contributed by atoms with Gasteiger partial charge in [-0.05, 0) is 44.5 Å². The van der Waals surface area contributed by atoms with E-state index < -0.39 is 5.97 Å². The molecule has 0 unspecified atom stereocenters. The van der Waals surface area contributed by atoms with E-state index in [1.807, 2.05) is 13.8 Å². The fourth-order valence-electron chi connectivity index (χ4n) is 2.56. The third-order valence-electron chi connectivity index (χ3n) is 3.55. The normalized spacial score (nSPS) is 16.9. The molecule has 0 saturated carbocycles. The second-order valence-electron chi connectivity index (χ2n) is 5.37. The highest BCUT2D eigenvalue weighted by Crippen LogP contribution is 2.33. The van der Waals surface area contributed by atoms with Crippen molar-refractivity contribution in [2.45, 2.75) is 26.8 Å². The van der Waals surface area contributed by atoms with Crippen LogP contribution in [0.25, 0.3) is 6.08 Å². The maximum atomic E-state index is 12.6. The van der Waals surface area contributed by atoms with E-state index in [2.05, 4.69) is 0 Å². The quantitative estimate of drug-likeness (QED) is 0.688. The smallest absolute Gasteiger partial charge is 0.340 e. The molecular formula is C17H19NO4. The Morgan fingerprint density at radius 1 is 1.27 bits per heavy atom. The van der Waals surface area contributed by atoms with Gasteiger partial charge in [-0.3, -0.25) is 4.79 Å². The van der Waals surface area contributed by atoms with Gasteiger partial charge in [-0.15, -0.1) is 0 Å². The first kappa shape index (κ1) is 15.8. The van der Waals surface area contributed by atoms with Crippen LogP contribution in [-0.2, 0) is 14.3 Å². The molecule has 5 heteroatoms. The minimum Gasteiger partial charge on any atom is -0.508 e. The van der Waals surface area contributed by atoms with Crippen LogP contribution < -0.4 is 0 Å². The first-order valence-electron chi connectivity index (χ1n) is 7.00. The van der Waals surface area contributed by atoms with E-state index in [0.717, 1.165) is 5.56 Å². The molecule has 0 aromatic heterocycles. The minimum atomic E-state index is -0.529. The fourth-order valence-corrected chi connectivity index (χ4v) is 2.56. The molecule has 1 heterocycles. The van der Waals surface area contributed by atoms with Gasteiger partial charge in [0.15, 0.2) is 0 Å². The molecule has 0 bridgehead atoms. The lowest BCUT2D eigenvalue weighted by molar-refractivity contribution is -0.136. The molecule has 5 nitrogen and oxygen atoms in total. The Hall–Kier alpha value is -2.56. The molecule has 116 valence electrons. The van der Waals surface area contributed by atoms with Crippen molar-refractivity contribution in [2.24, 2.45) is 0 Å². The van der Waals surface area contributed by atoms with Crippen LogP contribution in [0.5, 0.6) is 5.75 Å². The van der Waals surface area contributed by atoms with Crippen molar-refractivity contribution in [3.63, 3.8) is 0 Å². The molecule has 0 radical (unpaired) electrons. The summed E-state index contributed by atoms with van der Waals surface area (Å²) in [6.45, 7) is 5.52. The van der Waals surface area contributed by atoms with Crippen molar-refractivity contribution < 1.29 is 19.4 Å². The molecule has 0 spiro atoms. The van der Waals surface area contributed by atoms with Crippen molar-refractivity contribution in [2.75, 3.05) is 7.11 Å². The van der Waals surface area contributed by atoms with E-state index >= 15 is 0 Å². The lowest BCUT2D eigenvalue weighted by Crippen LogP contribution is -2.31. The number of rotatable bonds is 3. The summed E-state index contributed by atoms with van der Waals surface area (Å²) in [5.74, 6) is -0.608. The molecular weight excluding hydrogens is 282 g/mol. The highest BCUT2D eigenvalue weighted by Gasteiger charge is 2.38. The summed E-state index contributed by atoms with van der Waals surface area (Å²) in [4.78, 5) is 26.3. The van der Waals surface area contributed by atoms with Gasteiger partial charge in [0.25, 0.3) is 5.91 Å². The number of phenolic OH excluding ortho intramolecular Hbond substituents is 1. The molecule has 1 aromatic rings. The van der Waals surface area contributed by atoms with Crippen molar-refractivity contribution in [3.8, 4) is 5.75 Å². The fraction of sp³-hybridized carbons (Fsp3) is 0.294. The Balaban J connectivity index is 2.54. The van der Waals surface area contributed by atoms with E-state index in [1.54, 1.807) is 30.0 Å². The average molecular weight is 301 g/mol. The Kier molecular flexibility index (Phi) is 4.35. The standard InChI is InChI=1S/C17H19NO4/c1-10(2)18-11(3)15(17(21)22-4)14(16(18)20)9-12-5-7-13(19)8-6-12/h5-10,19H,1-4H3/b14-9-. The zero-order valence-corrected chi connectivity index (χ0v) is 13.1. The molecule has 22 heavy (non-hydrogen) atoms. The number of carbonyl (C=O) groups excluding carboxylic acids is 2. The molecule has 0 fully saturated rings. The van der Waals surface area contributed by atoms with E-state index in [1.165, 1.54) is 19.2 Å². The van der Waals surface area contributed by atoms with Gasteiger partial charge in [0, 0.05) is 11.7 Å². The highest BCUT2D eigenvalue weighted by molar-refractivity contribution is 6.16. The summed E-state index contributed by atoms with van der Waals surface area (Å²) in [5, 5.41) is 9.33. The monoisotopic (exact) mass is 301 g/mol. The molecule has 1 aliphatic heterocycles. The van der Waals surface area contributed by atoms with Crippen molar-refractivity contribution >= 4 is 18.0 Å². The van der Waals surface area contributed by atoms with Gasteiger partial charge in [-0.1, -0.05) is 12.1 Å². The number of allylic oxidation sites excluding steroid dienone is 1. The Morgan fingerprint density at radius 3 is 2.36 bits per heavy atom. The highest BCUT2D eigenvalue weighted by atomic mass is 16.5. The summed E-state index contributed by atoms with van der Waals surface area (Å²) >= 11 is 0. The van der Waals surface area contributed by atoms with Crippen molar-refractivity contribution in [1.29, 1.82) is 0 Å². The predicted molar refractivity (Wildman–Crippen MR) is 82.8 cm³/mol. The number of amides is 1. The summed E-state index contributed by atoms with van der Waals surface area (Å²) in [5.41, 5.74) is 1.91. The SMILES string of the molecule is COC(=O)C1=C(C)N(C(C)C)C(=O)/C1=C\c1ccc(O)cc1. The van der Waals surface area contributed by atoms with Gasteiger partial charge in [-0.25, -0.2) is 4.79 Å². The second-order valence-corrected chi connectivity index (χ2v) is 5.37. The molecule has 0 aliphatic carbocycles. The van der Waals surface area contributed by atoms with Crippen LogP contribution in [0, 0.1) is 0 Å². The number of hydrogen-bond acceptors (Lipinski definition) is 4. The van der Waals surface area contributed by atoms with E-state index in [0.29, 0.717) is 11.3 Å². The maximum absolute atomic E-state index is 12.6. The van der Waals surface area contributed by atoms with Crippen LogP contribution in [0.4, 0.5) is 0 Å². The van der Waals surface area contributed by atoms with Gasteiger partial charge in [0.05, 0.1) is 18.3 Å². The van der Waals surface area contributed by atoms with Crippen LogP contribution in [0.15, 0.2) is 41.1 Å². The van der Waals surface area contributed by atoms with E-state index in [9.17, 15) is 14.7 Å². The molecule has 1 aromatic carbocycles. The van der Waals surface area contributed by atoms with Crippen molar-refractivity contribution in [3.05, 3.63) is 46.7 Å². The van der Waals surface area contributed by atoms with E-state index in [4.69, 9.17) is 4.74 Å². The van der Waals surface area contributed by atoms with Gasteiger partial charge in [0.2, 0.25) is 0 Å². The minimum absolute atomic E-state index is 0.0575. The van der Waals surface area contributed by atoms with Crippen LogP contribution in [0.2, 0.25) is 0 Å². The summed E-state index contributed by atoms with van der Waals surface area (Å²) in [7, 11) is 1.29. The van der Waals surface area contributed by atoms with Gasteiger partial charge >= 0.3 is 5.97 Å². The number of nitrogens with zero attached hydrogens (tertiary/aromatic N) is 1. The van der Waals surface area contributed by atoms with Crippen LogP contribution in [0.3, 0.4) is 0 Å². The number of ether oxygens (including phenoxy) is 1. The predicted octanol–water partition coefficient (Wildman–Crippen LogP) is 2.47. The summed E-state index contributed by atoms with van der Waals surface area (Å²) < 4.78 is 4.81. The van der Waals surface area contributed by atoms with Gasteiger partial charge in [0.1, 0.15) is 5.75 Å². The summed E-state index contributed by atoms with van der Waals surface area (Å²) in [6.07, 6.45) is 1.64. The van der Waals surface area contributed by atoms with Gasteiger partial charge in [-0.2, -0.15) is 0 Å². The molecule has 1 amide bonds. The lowest BCUT2D eigenvalue weighted by Gasteiger charge is -2.22. The van der Waals surface area contributed by atoms with Crippen LogP contribution in [0.1, 0.15) is 26.3 Å². The molecule has 0 saturated heterocycles. The number of phenols is 1. The van der Waals surface area contributed by atoms with Crippen LogP contribution in [-0.4, -0.2) is 35.0 Å². The Morgan fingerprint density at radius 2 is 1.86 bits per heavy atom. The molecule has 1 aliphatic rings. The third-order valence-corrected chi connectivity index (χ3v) is 3.55. The topological polar surface area (TPSA) is 66.8 Å². The third kappa shape index (κ3) is 2.74. The largest absolute Gasteiger partial charge is 0.508 e. The maximum Gasteiger partial charge on any atom is 0.340 e. The first-order chi connectivity index (χ1) is 10.4. The Labute approximate surface area is 129 Å². The zero-order valence-electron chi connectivity index (χ0n) is 13.1. The van der Waals surface area contributed by atoms with Crippen molar-refractivity contribution in [1.82, 2.24) is 4.90 Å². The molecule has 1 N–H and O–H groups in total. The number of carbonyl (C=O) groups is 2. The number of methoxy groups -OCH3 is 1. The lowest BCUT2D eigenvalue weighted by atomic mass is 10.0. The van der Waals surface area contributed by atoms with E-state index in [-0.39, 0.29) is 23.3 Å². The zero-order chi connectivity index (χ0) is 16.4. The summed E-state index contributed by atoms with van der Waals surface area (Å²) in [6, 6.07) is 6.36. The second kappa shape index (κ2) is 6.05. The Bertz CT molecular complexity index is 668. The molecule has 2 rings (SSSR count). The molecule has 0 atom stereocenters. The van der Waals surface area contributed by atoms with Crippen LogP contribution >= 0.6 is 0 Å². The number of benzene rings is 1. The number of aromatic hydroxyl groups is 1.